The summed E-state index contributed by atoms with van der Waals surface area (Å²) in [6.07, 6.45) is -0.655. The van der Waals surface area contributed by atoms with Gasteiger partial charge in [0, 0.05) is 30.9 Å². The number of carbonyl (C=O) groups excluding carboxylic acids is 3. The highest BCUT2D eigenvalue weighted by Crippen LogP contribution is 2.39. The van der Waals surface area contributed by atoms with E-state index in [4.69, 9.17) is 0 Å². The number of halogens is 3. The molecule has 4 amide bonds. The summed E-state index contributed by atoms with van der Waals surface area (Å²) in [5, 5.41) is 7.46. The Morgan fingerprint density at radius 2 is 1.89 bits per heavy atom. The SMILES string of the molecule is CC(NC(=O)c1ccc2c(n1)N(C(=O)Nc1cc(C(=O)NC3CC3)ccn1)[C@H]1CCN2C1)C(F)(F)F. The Balaban J connectivity index is 1.38. The lowest BCUT2D eigenvalue weighted by Crippen LogP contribution is -2.49. The van der Waals surface area contributed by atoms with Crippen LogP contribution < -0.4 is 25.8 Å². The van der Waals surface area contributed by atoms with Crippen LogP contribution in [0.2, 0.25) is 0 Å². The molecular weight excluding hydrogens is 479 g/mol. The molecule has 0 radical (unpaired) electrons. The van der Waals surface area contributed by atoms with Crippen molar-refractivity contribution in [1.82, 2.24) is 20.6 Å². The second-order valence-electron chi connectivity index (χ2n) is 9.14. The van der Waals surface area contributed by atoms with Gasteiger partial charge in [0.15, 0.2) is 5.82 Å². The Morgan fingerprint density at radius 1 is 1.11 bits per heavy atom. The second kappa shape index (κ2) is 8.95. The van der Waals surface area contributed by atoms with E-state index < -0.39 is 24.2 Å². The molecule has 0 aromatic carbocycles. The molecule has 2 atom stereocenters. The molecule has 2 aromatic heterocycles. The van der Waals surface area contributed by atoms with Crippen LogP contribution in [0.3, 0.4) is 0 Å². The molecule has 1 saturated heterocycles. The molecule has 3 aliphatic rings. The number of fused-ring (bicyclic) bond motifs is 4. The minimum Gasteiger partial charge on any atom is -0.366 e. The minimum atomic E-state index is -4.60. The lowest BCUT2D eigenvalue weighted by atomic mass is 10.1. The van der Waals surface area contributed by atoms with Gasteiger partial charge in [-0.3, -0.25) is 19.8 Å². The summed E-state index contributed by atoms with van der Waals surface area (Å²) in [5.74, 6) is -0.906. The summed E-state index contributed by atoms with van der Waals surface area (Å²) >= 11 is 0. The molecule has 13 heteroatoms. The lowest BCUT2D eigenvalue weighted by molar-refractivity contribution is -0.149. The maximum atomic E-state index is 13.3. The highest BCUT2D eigenvalue weighted by atomic mass is 19.4. The Morgan fingerprint density at radius 3 is 2.61 bits per heavy atom. The van der Waals surface area contributed by atoms with Crippen molar-refractivity contribution >= 4 is 35.2 Å². The molecule has 2 bridgehead atoms. The van der Waals surface area contributed by atoms with E-state index in [1.165, 1.54) is 23.2 Å². The summed E-state index contributed by atoms with van der Waals surface area (Å²) in [7, 11) is 0. The molecule has 0 spiro atoms. The van der Waals surface area contributed by atoms with Gasteiger partial charge >= 0.3 is 12.2 Å². The van der Waals surface area contributed by atoms with Crippen LogP contribution in [0, 0.1) is 0 Å². The van der Waals surface area contributed by atoms with Gasteiger partial charge in [0.2, 0.25) is 0 Å². The maximum Gasteiger partial charge on any atom is 0.408 e. The number of urea groups is 1. The predicted octanol–water partition coefficient (Wildman–Crippen LogP) is 2.68. The van der Waals surface area contributed by atoms with Gasteiger partial charge in [-0.15, -0.1) is 0 Å². The van der Waals surface area contributed by atoms with E-state index in [9.17, 15) is 27.6 Å². The van der Waals surface area contributed by atoms with Crippen LogP contribution in [-0.2, 0) is 0 Å². The number of hydrogen-bond donors (Lipinski definition) is 3. The van der Waals surface area contributed by atoms with Crippen molar-refractivity contribution in [3.8, 4) is 0 Å². The average molecular weight is 503 g/mol. The summed E-state index contributed by atoms with van der Waals surface area (Å²) in [5.41, 5.74) is 0.723. The molecular formula is C23H24F3N7O3. The summed E-state index contributed by atoms with van der Waals surface area (Å²) in [6, 6.07) is 3.24. The molecule has 190 valence electrons. The van der Waals surface area contributed by atoms with Crippen molar-refractivity contribution in [2.24, 2.45) is 0 Å². The summed E-state index contributed by atoms with van der Waals surface area (Å²) < 4.78 is 38.7. The maximum absolute atomic E-state index is 13.3. The fourth-order valence-electron chi connectivity index (χ4n) is 4.26. The van der Waals surface area contributed by atoms with Gasteiger partial charge in [-0.25, -0.2) is 14.8 Å². The van der Waals surface area contributed by atoms with Crippen molar-refractivity contribution in [3.05, 3.63) is 41.7 Å². The normalized spacial score (nSPS) is 19.4. The number of nitrogens with zero attached hydrogens (tertiary/aromatic N) is 4. The zero-order chi connectivity index (χ0) is 25.6. The van der Waals surface area contributed by atoms with E-state index >= 15 is 0 Å². The molecule has 4 heterocycles. The van der Waals surface area contributed by atoms with Crippen LogP contribution >= 0.6 is 0 Å². The van der Waals surface area contributed by atoms with E-state index in [2.05, 4.69) is 20.6 Å². The first kappa shape index (κ1) is 23.8. The first-order valence-corrected chi connectivity index (χ1v) is 11.6. The van der Waals surface area contributed by atoms with Crippen LogP contribution in [-0.4, -0.2) is 65.2 Å². The first-order valence-electron chi connectivity index (χ1n) is 11.6. The monoisotopic (exact) mass is 503 g/mol. The average Bonchev–Trinajstić information content (AvgIpc) is 3.55. The second-order valence-corrected chi connectivity index (χ2v) is 9.14. The van der Waals surface area contributed by atoms with Gasteiger partial charge in [-0.2, -0.15) is 13.2 Å². The Bertz CT molecular complexity index is 1220. The van der Waals surface area contributed by atoms with Crippen LogP contribution in [0.15, 0.2) is 30.5 Å². The molecule has 3 N–H and O–H groups in total. The third-order valence-corrected chi connectivity index (χ3v) is 6.41. The first-order chi connectivity index (χ1) is 17.1. The van der Waals surface area contributed by atoms with Gasteiger partial charge in [0.05, 0.1) is 11.7 Å². The van der Waals surface area contributed by atoms with Gasteiger partial charge in [-0.05, 0) is 50.5 Å². The van der Waals surface area contributed by atoms with Crippen LogP contribution in [0.4, 0.5) is 35.3 Å². The van der Waals surface area contributed by atoms with Crippen molar-refractivity contribution in [2.45, 2.75) is 50.5 Å². The number of pyridine rings is 2. The number of aromatic nitrogens is 2. The zero-order valence-electron chi connectivity index (χ0n) is 19.3. The zero-order valence-corrected chi connectivity index (χ0v) is 19.3. The number of rotatable bonds is 5. The fraction of sp³-hybridized carbons (Fsp3) is 0.435. The van der Waals surface area contributed by atoms with Crippen molar-refractivity contribution in [3.63, 3.8) is 0 Å². The molecule has 1 saturated carbocycles. The smallest absolute Gasteiger partial charge is 0.366 e. The van der Waals surface area contributed by atoms with Crippen LogP contribution in [0.25, 0.3) is 0 Å². The van der Waals surface area contributed by atoms with Gasteiger partial charge in [0.25, 0.3) is 11.8 Å². The fourth-order valence-corrected chi connectivity index (χ4v) is 4.26. The van der Waals surface area contributed by atoms with Crippen LogP contribution in [0.5, 0.6) is 0 Å². The molecule has 5 rings (SSSR count). The van der Waals surface area contributed by atoms with Crippen molar-refractivity contribution < 1.29 is 27.6 Å². The highest BCUT2D eigenvalue weighted by molar-refractivity contribution is 6.05. The Labute approximate surface area is 204 Å². The van der Waals surface area contributed by atoms with E-state index in [0.29, 0.717) is 30.8 Å². The number of amides is 4. The molecule has 10 nitrogen and oxygen atoms in total. The third kappa shape index (κ3) is 4.77. The highest BCUT2D eigenvalue weighted by Gasteiger charge is 2.41. The number of anilines is 3. The minimum absolute atomic E-state index is 0.165. The van der Waals surface area contributed by atoms with E-state index in [-0.39, 0.29) is 35.3 Å². The number of carbonyl (C=O) groups is 3. The van der Waals surface area contributed by atoms with E-state index in [0.717, 1.165) is 19.8 Å². The van der Waals surface area contributed by atoms with Crippen molar-refractivity contribution in [2.75, 3.05) is 28.2 Å². The molecule has 1 unspecified atom stereocenters. The largest absolute Gasteiger partial charge is 0.408 e. The summed E-state index contributed by atoms with van der Waals surface area (Å²) in [4.78, 5) is 50.0. The number of hydrogen-bond acceptors (Lipinski definition) is 6. The van der Waals surface area contributed by atoms with E-state index in [1.807, 2.05) is 10.2 Å². The standard InChI is InChI=1S/C23H24F3N7O3/c1-12(23(24,25)26)28-21(35)16-4-5-17-19(30-16)33(15-7-9-32(17)11-15)22(36)31-18-10-13(6-8-27-18)20(34)29-14-2-3-14/h4-6,8,10,12,14-15H,2-3,7,9,11H2,1H3,(H,28,35)(H,29,34)(H,27,31,36)/t12?,15-/m0/s1. The molecule has 2 fully saturated rings. The Hall–Kier alpha value is -3.90. The summed E-state index contributed by atoms with van der Waals surface area (Å²) in [6.45, 7) is 2.05. The Kier molecular flexibility index (Phi) is 5.92. The predicted molar refractivity (Wildman–Crippen MR) is 124 cm³/mol. The van der Waals surface area contributed by atoms with Gasteiger partial charge in [-0.1, -0.05) is 0 Å². The third-order valence-electron chi connectivity index (χ3n) is 6.41. The van der Waals surface area contributed by atoms with Crippen LogP contribution in [0.1, 0.15) is 47.0 Å². The van der Waals surface area contributed by atoms with Gasteiger partial charge in [0.1, 0.15) is 17.6 Å². The molecule has 1 aliphatic carbocycles. The molecule has 2 aromatic rings. The van der Waals surface area contributed by atoms with Crippen molar-refractivity contribution in [1.29, 1.82) is 0 Å². The van der Waals surface area contributed by atoms with E-state index in [1.54, 1.807) is 12.1 Å². The molecule has 36 heavy (non-hydrogen) atoms. The quantitative estimate of drug-likeness (QED) is 0.577. The lowest BCUT2D eigenvalue weighted by Gasteiger charge is -2.35. The van der Waals surface area contributed by atoms with Gasteiger partial charge < -0.3 is 15.5 Å². The number of alkyl halides is 3. The number of nitrogens with one attached hydrogen (secondary N) is 3. The topological polar surface area (TPSA) is 120 Å². The molecule has 2 aliphatic heterocycles.